The highest BCUT2D eigenvalue weighted by Crippen LogP contribution is 2.64. The first-order chi connectivity index (χ1) is 15.6. The van der Waals surface area contributed by atoms with Gasteiger partial charge in [-0.3, -0.25) is 14.4 Å². The van der Waals surface area contributed by atoms with E-state index in [0.717, 1.165) is 22.3 Å². The highest BCUT2D eigenvalue weighted by Gasteiger charge is 2.70. The zero-order valence-electron chi connectivity index (χ0n) is 17.2. The molecule has 2 amide bonds. The van der Waals surface area contributed by atoms with Gasteiger partial charge in [-0.25, -0.2) is 4.90 Å². The predicted molar refractivity (Wildman–Crippen MR) is 115 cm³/mol. The van der Waals surface area contributed by atoms with Crippen molar-refractivity contribution in [1.29, 1.82) is 0 Å². The number of anilines is 1. The van der Waals surface area contributed by atoms with Crippen molar-refractivity contribution in [3.05, 3.63) is 95.1 Å². The second-order valence-electron chi connectivity index (χ2n) is 8.29. The van der Waals surface area contributed by atoms with Crippen LogP contribution >= 0.6 is 0 Å². The van der Waals surface area contributed by atoms with E-state index in [9.17, 15) is 14.4 Å². The topological polar surface area (TPSA) is 72.9 Å². The average molecular weight is 425 g/mol. The summed E-state index contributed by atoms with van der Waals surface area (Å²) in [5.41, 5.74) is 2.39. The number of nitrogens with zero attached hydrogens (tertiary/aromatic N) is 1. The van der Waals surface area contributed by atoms with E-state index in [0.29, 0.717) is 17.9 Å². The molecule has 1 heterocycles. The normalized spacial score (nSPS) is 26.9. The van der Waals surface area contributed by atoms with E-state index in [1.165, 1.54) is 12.0 Å². The first kappa shape index (κ1) is 18.8. The molecule has 2 atom stereocenters. The third-order valence-corrected chi connectivity index (χ3v) is 7.10. The molecule has 158 valence electrons. The Morgan fingerprint density at radius 2 is 1.44 bits per heavy atom. The molecule has 1 saturated heterocycles. The minimum atomic E-state index is -1.36. The van der Waals surface area contributed by atoms with E-state index in [1.807, 2.05) is 48.5 Å². The maximum absolute atomic E-state index is 14.0. The summed E-state index contributed by atoms with van der Waals surface area (Å²) in [5, 5.41) is 0. The van der Waals surface area contributed by atoms with Crippen molar-refractivity contribution in [2.24, 2.45) is 11.8 Å². The number of carbonyl (C=O) groups is 3. The zero-order valence-corrected chi connectivity index (χ0v) is 17.2. The second kappa shape index (κ2) is 6.53. The minimum Gasteiger partial charge on any atom is -0.495 e. The Bertz CT molecular complexity index is 1250. The van der Waals surface area contributed by atoms with Crippen molar-refractivity contribution >= 4 is 24.0 Å². The lowest BCUT2D eigenvalue weighted by molar-refractivity contribution is -0.156. The first-order valence-electron chi connectivity index (χ1n) is 10.5. The van der Waals surface area contributed by atoms with E-state index in [4.69, 9.17) is 9.47 Å². The maximum Gasteiger partial charge on any atom is 0.294 e. The number of hydrogen-bond donors (Lipinski definition) is 0. The van der Waals surface area contributed by atoms with Gasteiger partial charge in [0, 0.05) is 17.0 Å². The summed E-state index contributed by atoms with van der Waals surface area (Å²) >= 11 is 0. The van der Waals surface area contributed by atoms with Gasteiger partial charge in [0.1, 0.15) is 5.75 Å². The molecule has 4 aliphatic rings. The van der Waals surface area contributed by atoms with Gasteiger partial charge in [0.25, 0.3) is 6.47 Å². The lowest BCUT2D eigenvalue weighted by Gasteiger charge is -2.52. The van der Waals surface area contributed by atoms with Crippen molar-refractivity contribution in [2.45, 2.75) is 11.5 Å². The molecule has 0 spiro atoms. The molecule has 0 unspecified atom stereocenters. The van der Waals surface area contributed by atoms with Crippen LogP contribution in [-0.2, 0) is 24.7 Å². The summed E-state index contributed by atoms with van der Waals surface area (Å²) in [4.78, 5) is 40.9. The molecule has 6 heteroatoms. The molecule has 6 nitrogen and oxygen atoms in total. The third kappa shape index (κ3) is 2.07. The summed E-state index contributed by atoms with van der Waals surface area (Å²) < 4.78 is 11.3. The van der Waals surface area contributed by atoms with Gasteiger partial charge in [0.05, 0.1) is 24.6 Å². The summed E-state index contributed by atoms with van der Waals surface area (Å²) in [6.07, 6.45) is 0. The number of imide groups is 1. The molecular weight excluding hydrogens is 406 g/mol. The standard InChI is InChI=1S/C26H19NO5/c1-31-20-13-7-6-12-19(20)27-24(29)22-21-15-8-2-4-10-17(15)26(32-14-28,23(22)25(27)30)18-11-5-3-9-16(18)21/h2-14,21-23H,1H3/t21?,22-,23-,26?/m1/s1. The summed E-state index contributed by atoms with van der Waals surface area (Å²) in [6, 6.07) is 22.2. The molecule has 0 saturated carbocycles. The number of hydrogen-bond acceptors (Lipinski definition) is 5. The summed E-state index contributed by atoms with van der Waals surface area (Å²) in [5.74, 6) is -2.11. The van der Waals surface area contributed by atoms with E-state index in [-0.39, 0.29) is 17.7 Å². The lowest BCUT2D eigenvalue weighted by atomic mass is 9.52. The Labute approximate surface area is 184 Å². The number of amides is 2. The Morgan fingerprint density at radius 3 is 2.06 bits per heavy atom. The molecular formula is C26H19NO5. The molecule has 7 rings (SSSR count). The van der Waals surface area contributed by atoms with Gasteiger partial charge in [-0.1, -0.05) is 60.7 Å². The quantitative estimate of drug-likeness (QED) is 0.473. The van der Waals surface area contributed by atoms with Crippen LogP contribution in [0, 0.1) is 11.8 Å². The van der Waals surface area contributed by atoms with Crippen LogP contribution in [0.3, 0.4) is 0 Å². The molecule has 1 aliphatic heterocycles. The van der Waals surface area contributed by atoms with E-state index in [2.05, 4.69) is 0 Å². The number of ether oxygens (including phenoxy) is 2. The molecule has 3 aromatic carbocycles. The number of rotatable bonds is 4. The van der Waals surface area contributed by atoms with E-state index < -0.39 is 17.4 Å². The molecule has 3 aromatic rings. The molecule has 2 bridgehead atoms. The Hall–Kier alpha value is -3.93. The number of carbonyl (C=O) groups excluding carboxylic acids is 3. The maximum atomic E-state index is 14.0. The monoisotopic (exact) mass is 425 g/mol. The lowest BCUT2D eigenvalue weighted by Crippen LogP contribution is -2.55. The molecule has 1 fully saturated rings. The van der Waals surface area contributed by atoms with Gasteiger partial charge in [-0.15, -0.1) is 0 Å². The highest BCUT2D eigenvalue weighted by molar-refractivity contribution is 6.24. The van der Waals surface area contributed by atoms with Crippen molar-refractivity contribution in [2.75, 3.05) is 12.0 Å². The van der Waals surface area contributed by atoms with Crippen LogP contribution in [0.15, 0.2) is 72.8 Å². The zero-order chi connectivity index (χ0) is 22.0. The van der Waals surface area contributed by atoms with Crippen LogP contribution in [0.2, 0.25) is 0 Å². The van der Waals surface area contributed by atoms with Crippen LogP contribution in [-0.4, -0.2) is 25.4 Å². The fourth-order valence-corrected chi connectivity index (χ4v) is 6.03. The fraction of sp³-hybridized carbons (Fsp3) is 0.192. The van der Waals surface area contributed by atoms with Gasteiger partial charge in [-0.2, -0.15) is 0 Å². The van der Waals surface area contributed by atoms with Crippen molar-refractivity contribution in [1.82, 2.24) is 0 Å². The number of benzene rings is 3. The van der Waals surface area contributed by atoms with Crippen molar-refractivity contribution < 1.29 is 23.9 Å². The Morgan fingerprint density at radius 1 is 0.844 bits per heavy atom. The molecule has 0 aromatic heterocycles. The Balaban J connectivity index is 1.65. The van der Waals surface area contributed by atoms with E-state index >= 15 is 0 Å². The van der Waals surface area contributed by atoms with Crippen LogP contribution in [0.4, 0.5) is 5.69 Å². The second-order valence-corrected chi connectivity index (χ2v) is 8.29. The smallest absolute Gasteiger partial charge is 0.294 e. The molecule has 32 heavy (non-hydrogen) atoms. The molecule has 3 aliphatic carbocycles. The van der Waals surface area contributed by atoms with Crippen LogP contribution in [0.1, 0.15) is 28.2 Å². The molecule has 0 radical (unpaired) electrons. The van der Waals surface area contributed by atoms with Crippen LogP contribution in [0.25, 0.3) is 0 Å². The van der Waals surface area contributed by atoms with Gasteiger partial charge in [0.15, 0.2) is 5.60 Å². The molecule has 0 N–H and O–H groups in total. The van der Waals surface area contributed by atoms with Crippen molar-refractivity contribution in [3.63, 3.8) is 0 Å². The third-order valence-electron chi connectivity index (χ3n) is 7.10. The van der Waals surface area contributed by atoms with E-state index in [1.54, 1.807) is 24.3 Å². The minimum absolute atomic E-state index is 0.305. The number of methoxy groups -OCH3 is 1. The first-order valence-corrected chi connectivity index (χ1v) is 10.5. The largest absolute Gasteiger partial charge is 0.495 e. The Kier molecular flexibility index (Phi) is 3.84. The van der Waals surface area contributed by atoms with Crippen LogP contribution < -0.4 is 9.64 Å². The summed E-state index contributed by atoms with van der Waals surface area (Å²) in [7, 11) is 1.50. The van der Waals surface area contributed by atoms with Crippen molar-refractivity contribution in [3.8, 4) is 5.75 Å². The average Bonchev–Trinajstić information content (AvgIpc) is 3.10. The predicted octanol–water partition coefficient (Wildman–Crippen LogP) is 3.38. The van der Waals surface area contributed by atoms with Gasteiger partial charge < -0.3 is 9.47 Å². The van der Waals surface area contributed by atoms with Gasteiger partial charge in [0.2, 0.25) is 11.8 Å². The highest BCUT2D eigenvalue weighted by atomic mass is 16.5. The van der Waals surface area contributed by atoms with Gasteiger partial charge in [-0.05, 0) is 23.3 Å². The fourth-order valence-electron chi connectivity index (χ4n) is 6.03. The SMILES string of the molecule is COc1ccccc1N1C(=O)[C@@H]2C3c4ccccc4C(OC=O)(c4ccccc43)[C@H]2C1=O. The number of para-hydroxylation sites is 2. The van der Waals surface area contributed by atoms with Gasteiger partial charge >= 0.3 is 0 Å². The van der Waals surface area contributed by atoms with Crippen LogP contribution in [0.5, 0.6) is 5.75 Å². The summed E-state index contributed by atoms with van der Waals surface area (Å²) in [6.45, 7) is 0.389.